The number of aliphatic hydroxyl groups is 1. The molecule has 0 spiro atoms. The molecule has 0 aliphatic heterocycles. The maximum absolute atomic E-state index is 11.8. The summed E-state index contributed by atoms with van der Waals surface area (Å²) in [5.74, 6) is -1.48. The quantitative estimate of drug-likeness (QED) is 0.736. The standard InChI is InChI=1S/C14H17ClN2O3/c1-9-2-3-10(15)11(6-9)17-13(20)12(19)16-7-14(8-18)4-5-14/h2-3,6,18H,4-5,7-8H2,1H3,(H,16,19)(H,17,20). The highest BCUT2D eigenvalue weighted by molar-refractivity contribution is 6.41. The Morgan fingerprint density at radius 2 is 2.05 bits per heavy atom. The van der Waals surface area contributed by atoms with Crippen LogP contribution in [0.15, 0.2) is 18.2 Å². The minimum atomic E-state index is -0.758. The molecule has 0 heterocycles. The van der Waals surface area contributed by atoms with Gasteiger partial charge in [0.15, 0.2) is 0 Å². The number of halogens is 1. The Hall–Kier alpha value is -1.59. The molecule has 20 heavy (non-hydrogen) atoms. The van der Waals surface area contributed by atoms with Crippen LogP contribution in [0.4, 0.5) is 5.69 Å². The summed E-state index contributed by atoms with van der Waals surface area (Å²) in [6, 6.07) is 5.18. The van der Waals surface area contributed by atoms with Gasteiger partial charge in [0.25, 0.3) is 0 Å². The van der Waals surface area contributed by atoms with Crippen molar-refractivity contribution in [2.75, 3.05) is 18.5 Å². The molecule has 1 aromatic carbocycles. The lowest BCUT2D eigenvalue weighted by Gasteiger charge is -2.13. The number of hydrogen-bond donors (Lipinski definition) is 3. The van der Waals surface area contributed by atoms with Crippen molar-refractivity contribution in [2.24, 2.45) is 5.41 Å². The predicted molar refractivity (Wildman–Crippen MR) is 76.6 cm³/mol. The molecule has 1 fully saturated rings. The molecule has 0 radical (unpaired) electrons. The summed E-state index contributed by atoms with van der Waals surface area (Å²) in [7, 11) is 0. The number of anilines is 1. The lowest BCUT2D eigenvalue weighted by molar-refractivity contribution is -0.136. The van der Waals surface area contributed by atoms with E-state index in [9.17, 15) is 9.59 Å². The number of carbonyl (C=O) groups is 2. The molecular weight excluding hydrogens is 280 g/mol. The van der Waals surface area contributed by atoms with Crippen molar-refractivity contribution >= 4 is 29.1 Å². The lowest BCUT2D eigenvalue weighted by atomic mass is 10.1. The summed E-state index contributed by atoms with van der Waals surface area (Å²) in [6.45, 7) is 2.21. The maximum Gasteiger partial charge on any atom is 0.313 e. The maximum atomic E-state index is 11.8. The monoisotopic (exact) mass is 296 g/mol. The van der Waals surface area contributed by atoms with Gasteiger partial charge in [0, 0.05) is 12.0 Å². The van der Waals surface area contributed by atoms with E-state index in [4.69, 9.17) is 16.7 Å². The smallest absolute Gasteiger partial charge is 0.313 e. The number of nitrogens with one attached hydrogen (secondary N) is 2. The van der Waals surface area contributed by atoms with Crippen molar-refractivity contribution in [1.82, 2.24) is 5.32 Å². The second-order valence-electron chi connectivity index (χ2n) is 5.28. The Balaban J connectivity index is 1.90. The van der Waals surface area contributed by atoms with Crippen LogP contribution in [0.1, 0.15) is 18.4 Å². The Bertz CT molecular complexity index is 541. The van der Waals surface area contributed by atoms with Gasteiger partial charge in [-0.15, -0.1) is 0 Å². The third-order valence-electron chi connectivity index (χ3n) is 3.49. The van der Waals surface area contributed by atoms with Gasteiger partial charge >= 0.3 is 11.8 Å². The molecule has 1 saturated carbocycles. The fourth-order valence-corrected chi connectivity index (χ4v) is 1.99. The van der Waals surface area contributed by atoms with E-state index in [0.717, 1.165) is 18.4 Å². The van der Waals surface area contributed by atoms with Crippen LogP contribution in [-0.2, 0) is 9.59 Å². The lowest BCUT2D eigenvalue weighted by Crippen LogP contribution is -2.39. The highest BCUT2D eigenvalue weighted by atomic mass is 35.5. The molecule has 1 aliphatic rings. The van der Waals surface area contributed by atoms with Crippen LogP contribution in [-0.4, -0.2) is 30.1 Å². The highest BCUT2D eigenvalue weighted by Crippen LogP contribution is 2.44. The van der Waals surface area contributed by atoms with Gasteiger partial charge in [-0.1, -0.05) is 17.7 Å². The number of amides is 2. The molecule has 1 aromatic rings. The molecule has 3 N–H and O–H groups in total. The molecule has 108 valence electrons. The van der Waals surface area contributed by atoms with Gasteiger partial charge in [-0.2, -0.15) is 0 Å². The van der Waals surface area contributed by atoms with Crippen LogP contribution in [0.2, 0.25) is 5.02 Å². The van der Waals surface area contributed by atoms with Crippen molar-refractivity contribution in [2.45, 2.75) is 19.8 Å². The van der Waals surface area contributed by atoms with E-state index >= 15 is 0 Å². The van der Waals surface area contributed by atoms with Gasteiger partial charge in [-0.25, -0.2) is 0 Å². The number of hydrogen-bond acceptors (Lipinski definition) is 3. The summed E-state index contributed by atoms with van der Waals surface area (Å²) >= 11 is 5.95. The first kappa shape index (κ1) is 14.8. The molecule has 0 aromatic heterocycles. The summed E-state index contributed by atoms with van der Waals surface area (Å²) in [5.41, 5.74) is 1.12. The van der Waals surface area contributed by atoms with Gasteiger partial charge in [-0.05, 0) is 37.5 Å². The van der Waals surface area contributed by atoms with Crippen LogP contribution in [0, 0.1) is 12.3 Å². The normalized spacial score (nSPS) is 15.6. The van der Waals surface area contributed by atoms with Crippen LogP contribution >= 0.6 is 11.6 Å². The SMILES string of the molecule is Cc1ccc(Cl)c(NC(=O)C(=O)NCC2(CO)CC2)c1. The highest BCUT2D eigenvalue weighted by Gasteiger charge is 2.42. The molecule has 0 bridgehead atoms. The van der Waals surface area contributed by atoms with E-state index in [1.54, 1.807) is 12.1 Å². The Morgan fingerprint density at radius 1 is 1.35 bits per heavy atom. The van der Waals surface area contributed by atoms with Gasteiger partial charge in [-0.3, -0.25) is 9.59 Å². The Kier molecular flexibility index (Phi) is 4.30. The van der Waals surface area contributed by atoms with Crippen LogP contribution < -0.4 is 10.6 Å². The number of aliphatic hydroxyl groups excluding tert-OH is 1. The minimum Gasteiger partial charge on any atom is -0.396 e. The predicted octanol–water partition coefficient (Wildman–Crippen LogP) is 1.48. The third-order valence-corrected chi connectivity index (χ3v) is 3.82. The van der Waals surface area contributed by atoms with E-state index < -0.39 is 11.8 Å². The minimum absolute atomic E-state index is 0.0264. The molecule has 2 amide bonds. The van der Waals surface area contributed by atoms with E-state index in [1.165, 1.54) is 0 Å². The van der Waals surface area contributed by atoms with E-state index in [0.29, 0.717) is 17.3 Å². The van der Waals surface area contributed by atoms with Gasteiger partial charge < -0.3 is 15.7 Å². The number of aryl methyl sites for hydroxylation is 1. The molecule has 0 unspecified atom stereocenters. The summed E-state index contributed by atoms with van der Waals surface area (Å²) < 4.78 is 0. The van der Waals surface area contributed by atoms with Crippen molar-refractivity contribution in [1.29, 1.82) is 0 Å². The zero-order chi connectivity index (χ0) is 14.8. The number of carbonyl (C=O) groups excluding carboxylic acids is 2. The molecule has 2 rings (SSSR count). The topological polar surface area (TPSA) is 78.4 Å². The van der Waals surface area contributed by atoms with Gasteiger partial charge in [0.1, 0.15) is 0 Å². The average molecular weight is 297 g/mol. The molecule has 0 saturated heterocycles. The fraction of sp³-hybridized carbons (Fsp3) is 0.429. The third kappa shape index (κ3) is 3.49. The van der Waals surface area contributed by atoms with Crippen LogP contribution in [0.5, 0.6) is 0 Å². The summed E-state index contributed by atoms with van der Waals surface area (Å²) in [6.07, 6.45) is 1.74. The Morgan fingerprint density at radius 3 is 2.65 bits per heavy atom. The summed E-state index contributed by atoms with van der Waals surface area (Å²) in [4.78, 5) is 23.4. The molecule has 6 heteroatoms. The zero-order valence-electron chi connectivity index (χ0n) is 11.2. The van der Waals surface area contributed by atoms with Crippen LogP contribution in [0.3, 0.4) is 0 Å². The van der Waals surface area contributed by atoms with Crippen molar-refractivity contribution in [3.63, 3.8) is 0 Å². The second-order valence-corrected chi connectivity index (χ2v) is 5.69. The first-order valence-corrected chi connectivity index (χ1v) is 6.80. The van der Waals surface area contributed by atoms with Crippen molar-refractivity contribution < 1.29 is 14.7 Å². The van der Waals surface area contributed by atoms with E-state index in [2.05, 4.69) is 10.6 Å². The number of benzene rings is 1. The molecule has 1 aliphatic carbocycles. The van der Waals surface area contributed by atoms with Gasteiger partial charge in [0.2, 0.25) is 0 Å². The largest absolute Gasteiger partial charge is 0.396 e. The van der Waals surface area contributed by atoms with Crippen molar-refractivity contribution in [3.8, 4) is 0 Å². The second kappa shape index (κ2) is 5.81. The Labute approximate surface area is 122 Å². The van der Waals surface area contributed by atoms with Gasteiger partial charge in [0.05, 0.1) is 17.3 Å². The number of rotatable bonds is 4. The molecule has 5 nitrogen and oxygen atoms in total. The molecule has 0 atom stereocenters. The average Bonchev–Trinajstić information content (AvgIpc) is 3.21. The van der Waals surface area contributed by atoms with E-state index in [1.807, 2.05) is 13.0 Å². The van der Waals surface area contributed by atoms with Crippen LogP contribution in [0.25, 0.3) is 0 Å². The molecular formula is C14H17ClN2O3. The first-order chi connectivity index (χ1) is 9.46. The van der Waals surface area contributed by atoms with Crippen molar-refractivity contribution in [3.05, 3.63) is 28.8 Å². The zero-order valence-corrected chi connectivity index (χ0v) is 12.0. The first-order valence-electron chi connectivity index (χ1n) is 6.42. The summed E-state index contributed by atoms with van der Waals surface area (Å²) in [5, 5.41) is 14.5. The van der Waals surface area contributed by atoms with E-state index in [-0.39, 0.29) is 12.0 Å². The fourth-order valence-electron chi connectivity index (χ4n) is 1.83.